The molecule has 0 fully saturated rings. The van der Waals surface area contributed by atoms with Crippen LogP contribution in [-0.4, -0.2) is 21.1 Å². The lowest BCUT2D eigenvalue weighted by Gasteiger charge is -2.36. The molecular weight excluding hydrogens is 285 g/mol. The fourth-order valence-corrected chi connectivity index (χ4v) is 3.06. The lowest BCUT2D eigenvalue weighted by molar-refractivity contribution is 0.269. The zero-order valence-electron chi connectivity index (χ0n) is 11.9. The highest BCUT2D eigenvalue weighted by Crippen LogP contribution is 2.25. The number of nitrogens with one attached hydrogen (secondary N) is 1. The van der Waals surface area contributed by atoms with Gasteiger partial charge in [-0.1, -0.05) is 12.1 Å². The van der Waals surface area contributed by atoms with Crippen molar-refractivity contribution in [1.82, 2.24) is 14.8 Å². The van der Waals surface area contributed by atoms with E-state index in [0.717, 1.165) is 23.8 Å². The van der Waals surface area contributed by atoms with E-state index < -0.39 is 0 Å². The number of thiocarbonyl (C=S) groups is 1. The molecule has 0 aliphatic carbocycles. The van der Waals surface area contributed by atoms with E-state index in [1.807, 2.05) is 0 Å². The third kappa shape index (κ3) is 2.93. The minimum absolute atomic E-state index is 0.216. The third-order valence-corrected chi connectivity index (χ3v) is 4.34. The van der Waals surface area contributed by atoms with Crippen molar-refractivity contribution in [2.24, 2.45) is 0 Å². The predicted molar refractivity (Wildman–Crippen MR) is 85.4 cm³/mol. The SMILES string of the molecule is CC1c2cccn2CCN1C(=S)NCc1ccc(F)cc1. The van der Waals surface area contributed by atoms with Crippen LogP contribution in [0.1, 0.15) is 24.2 Å². The molecule has 0 bridgehead atoms. The monoisotopic (exact) mass is 303 g/mol. The Labute approximate surface area is 129 Å². The van der Waals surface area contributed by atoms with Gasteiger partial charge in [0, 0.05) is 31.5 Å². The molecule has 21 heavy (non-hydrogen) atoms. The zero-order chi connectivity index (χ0) is 14.8. The molecule has 1 aromatic carbocycles. The molecule has 2 heterocycles. The molecule has 0 saturated carbocycles. The van der Waals surface area contributed by atoms with Crippen molar-refractivity contribution in [1.29, 1.82) is 0 Å². The second kappa shape index (κ2) is 5.85. The van der Waals surface area contributed by atoms with Crippen LogP contribution in [0.4, 0.5) is 4.39 Å². The van der Waals surface area contributed by atoms with Crippen LogP contribution in [0, 0.1) is 5.82 Å². The van der Waals surface area contributed by atoms with E-state index in [9.17, 15) is 4.39 Å². The van der Waals surface area contributed by atoms with Gasteiger partial charge in [0.2, 0.25) is 0 Å². The molecule has 1 atom stereocenters. The van der Waals surface area contributed by atoms with Gasteiger partial charge in [0.1, 0.15) is 5.82 Å². The van der Waals surface area contributed by atoms with Crippen molar-refractivity contribution < 1.29 is 4.39 Å². The standard InChI is InChI=1S/C16H18FN3S/c1-12-15-3-2-8-19(15)9-10-20(12)16(21)18-11-13-4-6-14(17)7-5-13/h2-8,12H,9-11H2,1H3,(H,18,21). The van der Waals surface area contributed by atoms with E-state index in [1.165, 1.54) is 17.8 Å². The van der Waals surface area contributed by atoms with Gasteiger partial charge in [-0.3, -0.25) is 0 Å². The molecule has 1 unspecified atom stereocenters. The van der Waals surface area contributed by atoms with E-state index in [0.29, 0.717) is 6.54 Å². The van der Waals surface area contributed by atoms with E-state index >= 15 is 0 Å². The van der Waals surface area contributed by atoms with Crippen molar-refractivity contribution in [3.63, 3.8) is 0 Å². The number of nitrogens with zero attached hydrogens (tertiary/aromatic N) is 2. The Bertz CT molecular complexity index is 635. The first-order chi connectivity index (χ1) is 10.1. The fraction of sp³-hybridized carbons (Fsp3) is 0.312. The molecule has 2 aromatic rings. The van der Waals surface area contributed by atoms with Crippen molar-refractivity contribution in [3.8, 4) is 0 Å². The third-order valence-electron chi connectivity index (χ3n) is 3.96. The molecule has 0 amide bonds. The first-order valence-electron chi connectivity index (χ1n) is 7.09. The van der Waals surface area contributed by atoms with Crippen LogP contribution in [0.15, 0.2) is 42.6 Å². The van der Waals surface area contributed by atoms with Crippen molar-refractivity contribution in [2.45, 2.75) is 26.1 Å². The number of benzene rings is 1. The minimum atomic E-state index is -0.216. The van der Waals surface area contributed by atoms with Gasteiger partial charge in [0.15, 0.2) is 5.11 Å². The maximum Gasteiger partial charge on any atom is 0.169 e. The first-order valence-corrected chi connectivity index (χ1v) is 7.50. The topological polar surface area (TPSA) is 20.2 Å². The Hall–Kier alpha value is -1.88. The predicted octanol–water partition coefficient (Wildman–Crippen LogP) is 3.08. The number of aromatic nitrogens is 1. The van der Waals surface area contributed by atoms with Crippen molar-refractivity contribution >= 4 is 17.3 Å². The van der Waals surface area contributed by atoms with E-state index in [2.05, 4.69) is 40.0 Å². The van der Waals surface area contributed by atoms with Crippen LogP contribution < -0.4 is 5.32 Å². The number of rotatable bonds is 2. The average Bonchev–Trinajstić information content (AvgIpc) is 2.96. The molecule has 1 N–H and O–H groups in total. The number of hydrogen-bond acceptors (Lipinski definition) is 1. The van der Waals surface area contributed by atoms with Crippen molar-refractivity contribution in [3.05, 3.63) is 59.7 Å². The number of fused-ring (bicyclic) bond motifs is 1. The molecule has 0 radical (unpaired) electrons. The zero-order valence-corrected chi connectivity index (χ0v) is 12.7. The normalized spacial score (nSPS) is 17.4. The smallest absolute Gasteiger partial charge is 0.169 e. The molecule has 1 aliphatic heterocycles. The maximum atomic E-state index is 12.9. The second-order valence-corrected chi connectivity index (χ2v) is 5.67. The summed E-state index contributed by atoms with van der Waals surface area (Å²) in [6.45, 7) is 4.63. The molecule has 0 saturated heterocycles. The minimum Gasteiger partial charge on any atom is -0.358 e. The maximum absolute atomic E-state index is 12.9. The molecule has 110 valence electrons. The van der Waals surface area contributed by atoms with Crippen LogP contribution in [0.25, 0.3) is 0 Å². The number of hydrogen-bond donors (Lipinski definition) is 1. The quantitative estimate of drug-likeness (QED) is 0.861. The van der Waals surface area contributed by atoms with Gasteiger partial charge in [0.25, 0.3) is 0 Å². The van der Waals surface area contributed by atoms with Gasteiger partial charge in [0.05, 0.1) is 6.04 Å². The largest absolute Gasteiger partial charge is 0.358 e. The first kappa shape index (κ1) is 14.1. The Kier molecular flexibility index (Phi) is 3.92. The summed E-state index contributed by atoms with van der Waals surface area (Å²) >= 11 is 5.51. The molecule has 3 rings (SSSR count). The molecule has 5 heteroatoms. The van der Waals surface area contributed by atoms with Crippen LogP contribution in [0.2, 0.25) is 0 Å². The lowest BCUT2D eigenvalue weighted by Crippen LogP contribution is -2.45. The number of halogens is 1. The lowest BCUT2D eigenvalue weighted by atomic mass is 10.1. The molecule has 3 nitrogen and oxygen atoms in total. The summed E-state index contributed by atoms with van der Waals surface area (Å²) in [5.74, 6) is -0.216. The van der Waals surface area contributed by atoms with Crippen LogP contribution in [-0.2, 0) is 13.1 Å². The molecule has 1 aromatic heterocycles. The molecule has 0 spiro atoms. The Morgan fingerprint density at radius 3 is 2.81 bits per heavy atom. The van der Waals surface area contributed by atoms with Gasteiger partial charge in [-0.2, -0.15) is 0 Å². The summed E-state index contributed by atoms with van der Waals surface area (Å²) in [6.07, 6.45) is 2.11. The van der Waals surface area contributed by atoms with Gasteiger partial charge in [-0.05, 0) is 49.0 Å². The summed E-state index contributed by atoms with van der Waals surface area (Å²) in [6, 6.07) is 11.0. The summed E-state index contributed by atoms with van der Waals surface area (Å²) < 4.78 is 15.1. The Morgan fingerprint density at radius 1 is 1.29 bits per heavy atom. The van der Waals surface area contributed by atoms with Crippen LogP contribution >= 0.6 is 12.2 Å². The summed E-state index contributed by atoms with van der Waals surface area (Å²) in [5.41, 5.74) is 2.30. The molecule has 1 aliphatic rings. The second-order valence-electron chi connectivity index (χ2n) is 5.28. The molecular formula is C16H18FN3S. The van der Waals surface area contributed by atoms with Crippen LogP contribution in [0.3, 0.4) is 0 Å². The van der Waals surface area contributed by atoms with E-state index in [4.69, 9.17) is 12.2 Å². The highest BCUT2D eigenvalue weighted by atomic mass is 32.1. The Balaban J connectivity index is 1.62. The fourth-order valence-electron chi connectivity index (χ4n) is 2.74. The van der Waals surface area contributed by atoms with E-state index in [1.54, 1.807) is 12.1 Å². The van der Waals surface area contributed by atoms with Gasteiger partial charge in [-0.25, -0.2) is 4.39 Å². The van der Waals surface area contributed by atoms with Gasteiger partial charge < -0.3 is 14.8 Å². The summed E-state index contributed by atoms with van der Waals surface area (Å²) in [7, 11) is 0. The highest BCUT2D eigenvalue weighted by Gasteiger charge is 2.24. The average molecular weight is 303 g/mol. The van der Waals surface area contributed by atoms with Crippen molar-refractivity contribution in [2.75, 3.05) is 6.54 Å². The van der Waals surface area contributed by atoms with E-state index in [-0.39, 0.29) is 11.9 Å². The summed E-state index contributed by atoms with van der Waals surface area (Å²) in [5, 5.41) is 4.02. The van der Waals surface area contributed by atoms with Crippen LogP contribution in [0.5, 0.6) is 0 Å². The van der Waals surface area contributed by atoms with Gasteiger partial charge >= 0.3 is 0 Å². The summed E-state index contributed by atoms with van der Waals surface area (Å²) in [4.78, 5) is 2.20. The Morgan fingerprint density at radius 2 is 2.05 bits per heavy atom. The highest BCUT2D eigenvalue weighted by molar-refractivity contribution is 7.80. The van der Waals surface area contributed by atoms with Gasteiger partial charge in [-0.15, -0.1) is 0 Å².